The molecule has 2 N–H and O–H groups in total. The summed E-state index contributed by atoms with van der Waals surface area (Å²) >= 11 is 5.62. The smallest absolute Gasteiger partial charge is 0.166 e. The molecule has 0 aliphatic rings. The van der Waals surface area contributed by atoms with Crippen LogP contribution < -0.4 is 5.73 Å². The van der Waals surface area contributed by atoms with Crippen molar-refractivity contribution in [3.05, 3.63) is 70.0 Å². The van der Waals surface area contributed by atoms with Crippen LogP contribution in [0.15, 0.2) is 36.4 Å². The number of rotatable bonds is 2. The van der Waals surface area contributed by atoms with E-state index in [1.807, 2.05) is 0 Å². The lowest BCUT2D eigenvalue weighted by Crippen LogP contribution is -2.00. The van der Waals surface area contributed by atoms with Gasteiger partial charge in [0, 0.05) is 21.8 Å². The Morgan fingerprint density at radius 1 is 1.05 bits per heavy atom. The van der Waals surface area contributed by atoms with Crippen molar-refractivity contribution in [1.82, 2.24) is 0 Å². The van der Waals surface area contributed by atoms with E-state index < -0.39 is 17.5 Å². The van der Waals surface area contributed by atoms with Crippen LogP contribution in [0.5, 0.6) is 0 Å². The largest absolute Gasteiger partial charge is 0.398 e. The van der Waals surface area contributed by atoms with Gasteiger partial charge in [0.05, 0.1) is 0 Å². The average Bonchev–Trinajstić information content (AvgIpc) is 2.34. The number of nitrogens with two attached hydrogens (primary N) is 1. The van der Waals surface area contributed by atoms with Crippen molar-refractivity contribution in [2.45, 2.75) is 0 Å². The van der Waals surface area contributed by atoms with Gasteiger partial charge < -0.3 is 5.73 Å². The van der Waals surface area contributed by atoms with Crippen molar-refractivity contribution in [1.29, 1.82) is 0 Å². The lowest BCUT2D eigenvalue weighted by atomic mass is 10.1. The van der Waals surface area contributed by atoms with Gasteiger partial charge in [0.1, 0.15) is 5.82 Å². The van der Waals surface area contributed by atoms with Gasteiger partial charge >= 0.3 is 0 Å². The molecule has 0 amide bonds. The Morgan fingerprint density at radius 2 is 1.79 bits per heavy atom. The molecule has 0 spiro atoms. The van der Waals surface area contributed by atoms with Crippen LogP contribution in [0.2, 0.25) is 5.02 Å². The Bertz CT molecular complexity index is 653. The van der Waals surface area contributed by atoms with Gasteiger partial charge in [0.25, 0.3) is 0 Å². The summed E-state index contributed by atoms with van der Waals surface area (Å²) < 4.78 is 40.1. The highest BCUT2D eigenvalue weighted by Gasteiger charge is 2.09. The number of benzene rings is 2. The molecule has 0 atom stereocenters. The minimum absolute atomic E-state index is 0.0151. The van der Waals surface area contributed by atoms with Crippen LogP contribution in [0.25, 0.3) is 11.8 Å². The molecule has 0 saturated carbocycles. The molecule has 0 saturated heterocycles. The first-order chi connectivity index (χ1) is 8.99. The average molecular weight is 284 g/mol. The first kappa shape index (κ1) is 13.5. The summed E-state index contributed by atoms with van der Waals surface area (Å²) in [6.07, 6.45) is 1.17. The van der Waals surface area contributed by atoms with Gasteiger partial charge in [0.15, 0.2) is 11.6 Å². The van der Waals surface area contributed by atoms with Gasteiger partial charge in [-0.25, -0.2) is 13.2 Å². The fourth-order valence-electron chi connectivity index (χ4n) is 1.60. The van der Waals surface area contributed by atoms with Crippen molar-refractivity contribution in [2.24, 2.45) is 5.73 Å². The second-order valence-corrected chi connectivity index (χ2v) is 4.30. The van der Waals surface area contributed by atoms with E-state index in [9.17, 15) is 13.2 Å². The van der Waals surface area contributed by atoms with Crippen LogP contribution in [0.3, 0.4) is 0 Å². The van der Waals surface area contributed by atoms with Crippen LogP contribution in [0.1, 0.15) is 11.1 Å². The maximum atomic E-state index is 13.6. The molecule has 0 fully saturated rings. The third-order valence-electron chi connectivity index (χ3n) is 2.53. The first-order valence-electron chi connectivity index (χ1n) is 5.35. The van der Waals surface area contributed by atoms with Gasteiger partial charge in [-0.1, -0.05) is 23.7 Å². The van der Waals surface area contributed by atoms with Crippen LogP contribution in [-0.2, 0) is 0 Å². The Kier molecular flexibility index (Phi) is 3.81. The Balaban J connectivity index is 2.45. The normalized spacial score (nSPS) is 11.7. The molecular formula is C14H9ClF3N. The zero-order valence-electron chi connectivity index (χ0n) is 9.63. The number of hydrogen-bond acceptors (Lipinski definition) is 1. The van der Waals surface area contributed by atoms with Crippen molar-refractivity contribution in [3.63, 3.8) is 0 Å². The van der Waals surface area contributed by atoms with Gasteiger partial charge in [-0.05, 0) is 30.3 Å². The highest BCUT2D eigenvalue weighted by atomic mass is 35.5. The fourth-order valence-corrected chi connectivity index (χ4v) is 1.76. The molecule has 2 rings (SSSR count). The third-order valence-corrected chi connectivity index (χ3v) is 2.77. The van der Waals surface area contributed by atoms with Crippen LogP contribution >= 0.6 is 11.6 Å². The van der Waals surface area contributed by atoms with Crippen molar-refractivity contribution in [2.75, 3.05) is 0 Å². The third kappa shape index (κ3) is 2.90. The maximum Gasteiger partial charge on any atom is 0.166 e. The van der Waals surface area contributed by atoms with E-state index in [0.29, 0.717) is 0 Å². The van der Waals surface area contributed by atoms with Crippen molar-refractivity contribution in [3.8, 4) is 0 Å². The van der Waals surface area contributed by atoms with E-state index in [-0.39, 0.29) is 21.8 Å². The Labute approximate surface area is 113 Å². The molecule has 0 radical (unpaired) electrons. The topological polar surface area (TPSA) is 26.0 Å². The second-order valence-electron chi connectivity index (χ2n) is 3.87. The molecular weight excluding hydrogens is 275 g/mol. The zero-order valence-corrected chi connectivity index (χ0v) is 10.4. The molecule has 0 heterocycles. The van der Waals surface area contributed by atoms with Gasteiger partial charge in [-0.3, -0.25) is 0 Å². The molecule has 0 aromatic heterocycles. The van der Waals surface area contributed by atoms with Crippen molar-refractivity contribution < 1.29 is 13.2 Å². The van der Waals surface area contributed by atoms with Crippen LogP contribution in [0.4, 0.5) is 13.2 Å². The molecule has 0 unspecified atom stereocenters. The first-order valence-corrected chi connectivity index (χ1v) is 5.73. The Hall–Kier alpha value is -1.94. The monoisotopic (exact) mass is 283 g/mol. The fraction of sp³-hybridized carbons (Fsp3) is 0. The lowest BCUT2D eigenvalue weighted by Gasteiger charge is -2.05. The molecule has 2 aromatic rings. The summed E-state index contributed by atoms with van der Waals surface area (Å²) in [6.45, 7) is 0. The molecule has 2 aromatic carbocycles. The van der Waals surface area contributed by atoms with E-state index in [2.05, 4.69) is 0 Å². The molecule has 5 heteroatoms. The minimum Gasteiger partial charge on any atom is -0.398 e. The maximum absolute atomic E-state index is 13.6. The summed E-state index contributed by atoms with van der Waals surface area (Å²) in [6, 6.07) is 7.61. The van der Waals surface area contributed by atoms with Gasteiger partial charge in [-0.15, -0.1) is 0 Å². The van der Waals surface area contributed by atoms with Crippen molar-refractivity contribution >= 4 is 23.4 Å². The zero-order chi connectivity index (χ0) is 14.0. The Morgan fingerprint density at radius 3 is 2.47 bits per heavy atom. The van der Waals surface area contributed by atoms with E-state index in [0.717, 1.165) is 12.1 Å². The molecule has 0 aliphatic heterocycles. The SMILES string of the molecule is N/C(=C\c1cccc(F)c1F)c1ccc(Cl)cc1F. The number of hydrogen-bond donors (Lipinski definition) is 1. The molecule has 0 aliphatic carbocycles. The lowest BCUT2D eigenvalue weighted by molar-refractivity contribution is 0.507. The molecule has 19 heavy (non-hydrogen) atoms. The minimum atomic E-state index is -1.03. The summed E-state index contributed by atoms with van der Waals surface area (Å²) in [4.78, 5) is 0. The van der Waals surface area contributed by atoms with Gasteiger partial charge in [-0.2, -0.15) is 0 Å². The molecule has 0 bridgehead atoms. The standard InChI is InChI=1S/C14H9ClF3N/c15-9-4-5-10(12(17)7-9)13(19)6-8-2-1-3-11(16)14(8)18/h1-7H,19H2/b13-6-. The summed E-state index contributed by atoms with van der Waals surface area (Å²) in [5.41, 5.74) is 5.70. The van der Waals surface area contributed by atoms with E-state index in [1.54, 1.807) is 0 Å². The highest BCUT2D eigenvalue weighted by Crippen LogP contribution is 2.22. The van der Waals surface area contributed by atoms with Crippen LogP contribution in [-0.4, -0.2) is 0 Å². The molecule has 1 nitrogen and oxygen atoms in total. The quantitative estimate of drug-likeness (QED) is 0.821. The van der Waals surface area contributed by atoms with E-state index in [4.69, 9.17) is 17.3 Å². The summed E-state index contributed by atoms with van der Waals surface area (Å²) in [7, 11) is 0. The highest BCUT2D eigenvalue weighted by molar-refractivity contribution is 6.30. The molecule has 98 valence electrons. The summed E-state index contributed by atoms with van der Waals surface area (Å²) in [5.74, 6) is -2.64. The van der Waals surface area contributed by atoms with Gasteiger partial charge in [0.2, 0.25) is 0 Å². The van der Waals surface area contributed by atoms with E-state index in [1.165, 1.54) is 30.3 Å². The number of halogens is 4. The summed E-state index contributed by atoms with van der Waals surface area (Å²) in [5, 5.41) is 0.228. The van der Waals surface area contributed by atoms with E-state index >= 15 is 0 Å². The predicted molar refractivity (Wildman–Crippen MR) is 69.8 cm³/mol. The predicted octanol–water partition coefficient (Wildman–Crippen LogP) is 4.21. The second kappa shape index (κ2) is 5.36. The van der Waals surface area contributed by atoms with Crippen LogP contribution in [0, 0.1) is 17.5 Å².